The third-order valence-electron chi connectivity index (χ3n) is 2.49. The molecule has 14 heavy (non-hydrogen) atoms. The van der Waals surface area contributed by atoms with Gasteiger partial charge in [-0.2, -0.15) is 0 Å². The molecule has 0 aliphatic carbocycles. The van der Waals surface area contributed by atoms with Crippen molar-refractivity contribution in [2.45, 2.75) is 18.9 Å². The Morgan fingerprint density at radius 3 is 2.50 bits per heavy atom. The van der Waals surface area contributed by atoms with Crippen LogP contribution in [0.3, 0.4) is 0 Å². The van der Waals surface area contributed by atoms with Crippen molar-refractivity contribution in [3.05, 3.63) is 35.1 Å². The minimum Gasteiger partial charge on any atom is -0.310 e. The van der Waals surface area contributed by atoms with Crippen LogP contribution in [0.5, 0.6) is 0 Å². The zero-order valence-corrected chi connectivity index (χ0v) is 7.49. The first kappa shape index (κ1) is 9.52. The summed E-state index contributed by atoms with van der Waals surface area (Å²) in [4.78, 5) is 0. The van der Waals surface area contributed by atoms with Crippen LogP contribution in [-0.2, 0) is 0 Å². The van der Waals surface area contributed by atoms with Gasteiger partial charge in [-0.3, -0.25) is 0 Å². The smallest absolute Gasteiger partial charge is 0.166 e. The predicted molar refractivity (Wildman–Crippen MR) is 46.3 cm³/mol. The first-order valence-corrected chi connectivity index (χ1v) is 4.57. The highest BCUT2D eigenvalue weighted by molar-refractivity contribution is 5.25. The molecule has 1 aromatic rings. The second-order valence-electron chi connectivity index (χ2n) is 3.41. The molecule has 1 aliphatic heterocycles. The van der Waals surface area contributed by atoms with Gasteiger partial charge in [-0.05, 0) is 31.5 Å². The maximum absolute atomic E-state index is 13.3. The number of rotatable bonds is 1. The van der Waals surface area contributed by atoms with Crippen LogP contribution < -0.4 is 5.32 Å². The fraction of sp³-hybridized carbons (Fsp3) is 0.400. The third kappa shape index (κ3) is 1.50. The van der Waals surface area contributed by atoms with Gasteiger partial charge in [0.05, 0.1) is 0 Å². The molecule has 0 bridgehead atoms. The van der Waals surface area contributed by atoms with E-state index in [9.17, 15) is 13.2 Å². The van der Waals surface area contributed by atoms with Gasteiger partial charge in [0.2, 0.25) is 0 Å². The lowest BCUT2D eigenvalue weighted by Crippen LogP contribution is -2.16. The molecule has 0 spiro atoms. The minimum atomic E-state index is -1.07. The summed E-state index contributed by atoms with van der Waals surface area (Å²) in [6, 6.07) is 1.39. The molecule has 0 saturated carbocycles. The van der Waals surface area contributed by atoms with Gasteiger partial charge in [-0.15, -0.1) is 0 Å². The number of halogens is 3. The van der Waals surface area contributed by atoms with E-state index in [0.29, 0.717) is 6.42 Å². The van der Waals surface area contributed by atoms with Gasteiger partial charge < -0.3 is 5.32 Å². The van der Waals surface area contributed by atoms with E-state index in [2.05, 4.69) is 5.32 Å². The van der Waals surface area contributed by atoms with E-state index in [1.54, 1.807) is 0 Å². The predicted octanol–water partition coefficient (Wildman–Crippen LogP) is 2.53. The molecule has 4 heteroatoms. The largest absolute Gasteiger partial charge is 0.310 e. The van der Waals surface area contributed by atoms with Crippen molar-refractivity contribution < 1.29 is 13.2 Å². The van der Waals surface area contributed by atoms with Crippen LogP contribution in [-0.4, -0.2) is 6.54 Å². The van der Waals surface area contributed by atoms with Crippen molar-refractivity contribution in [2.75, 3.05) is 6.54 Å². The molecule has 0 aromatic heterocycles. The van der Waals surface area contributed by atoms with Crippen LogP contribution in [0, 0.1) is 17.5 Å². The Kier molecular flexibility index (Phi) is 2.46. The van der Waals surface area contributed by atoms with Gasteiger partial charge in [0, 0.05) is 11.6 Å². The average molecular weight is 201 g/mol. The van der Waals surface area contributed by atoms with Crippen molar-refractivity contribution in [1.82, 2.24) is 5.32 Å². The standard InChI is InChI=1S/C10H10F3N/c11-6-3-4-7(12)10(13)9(6)8-2-1-5-14-8/h3-4,8,14H,1-2,5H2. The van der Waals surface area contributed by atoms with Crippen molar-refractivity contribution >= 4 is 0 Å². The quantitative estimate of drug-likeness (QED) is 0.688. The highest BCUT2D eigenvalue weighted by Gasteiger charge is 2.24. The lowest BCUT2D eigenvalue weighted by molar-refractivity contribution is 0.455. The molecule has 1 aliphatic rings. The van der Waals surface area contributed by atoms with E-state index in [-0.39, 0.29) is 11.6 Å². The zero-order chi connectivity index (χ0) is 10.1. The van der Waals surface area contributed by atoms with E-state index < -0.39 is 17.5 Å². The van der Waals surface area contributed by atoms with Gasteiger partial charge in [0.15, 0.2) is 11.6 Å². The Hall–Kier alpha value is -1.03. The third-order valence-corrected chi connectivity index (χ3v) is 2.49. The van der Waals surface area contributed by atoms with Crippen LogP contribution in [0.15, 0.2) is 12.1 Å². The summed E-state index contributed by atoms with van der Waals surface area (Å²) in [5.41, 5.74) is -0.164. The normalized spacial score (nSPS) is 21.5. The zero-order valence-electron chi connectivity index (χ0n) is 7.49. The SMILES string of the molecule is Fc1ccc(F)c(C2CCCN2)c1F. The molecule has 76 valence electrons. The summed E-state index contributed by atoms with van der Waals surface area (Å²) < 4.78 is 39.3. The first-order chi connectivity index (χ1) is 6.70. The minimum absolute atomic E-state index is 0.164. The second-order valence-corrected chi connectivity index (χ2v) is 3.41. The molecule has 1 nitrogen and oxygen atoms in total. The number of nitrogens with one attached hydrogen (secondary N) is 1. The summed E-state index contributed by atoms with van der Waals surface area (Å²) >= 11 is 0. The Morgan fingerprint density at radius 1 is 1.14 bits per heavy atom. The Balaban J connectivity index is 2.44. The lowest BCUT2D eigenvalue weighted by Gasteiger charge is -2.12. The molecule has 1 unspecified atom stereocenters. The van der Waals surface area contributed by atoms with Gasteiger partial charge >= 0.3 is 0 Å². The highest BCUT2D eigenvalue weighted by Crippen LogP contribution is 2.28. The molecule has 2 rings (SSSR count). The van der Waals surface area contributed by atoms with Crippen molar-refractivity contribution in [2.24, 2.45) is 0 Å². The van der Waals surface area contributed by atoms with Crippen LogP contribution in [0.2, 0.25) is 0 Å². The summed E-state index contributed by atoms with van der Waals surface area (Å²) in [6.45, 7) is 0.722. The molecule has 1 heterocycles. The molecule has 1 atom stereocenters. The van der Waals surface area contributed by atoms with Crippen LogP contribution in [0.25, 0.3) is 0 Å². The van der Waals surface area contributed by atoms with Gasteiger partial charge in [-0.25, -0.2) is 13.2 Å². The number of benzene rings is 1. The molecule has 1 N–H and O–H groups in total. The average Bonchev–Trinajstić information content (AvgIpc) is 2.65. The maximum atomic E-state index is 13.3. The Labute approximate surface area is 79.9 Å². The van der Waals surface area contributed by atoms with E-state index in [1.165, 1.54) is 0 Å². The van der Waals surface area contributed by atoms with E-state index in [4.69, 9.17) is 0 Å². The summed E-state index contributed by atoms with van der Waals surface area (Å²) in [5, 5.41) is 2.94. The van der Waals surface area contributed by atoms with Crippen LogP contribution in [0.1, 0.15) is 24.4 Å². The first-order valence-electron chi connectivity index (χ1n) is 4.57. The topological polar surface area (TPSA) is 12.0 Å². The van der Waals surface area contributed by atoms with Crippen molar-refractivity contribution in [3.8, 4) is 0 Å². The molecular formula is C10H10F3N. The van der Waals surface area contributed by atoms with Gasteiger partial charge in [0.1, 0.15) is 5.82 Å². The van der Waals surface area contributed by atoms with Crippen LogP contribution in [0.4, 0.5) is 13.2 Å². The molecule has 1 saturated heterocycles. The second kappa shape index (κ2) is 3.61. The van der Waals surface area contributed by atoms with Crippen molar-refractivity contribution in [1.29, 1.82) is 0 Å². The van der Waals surface area contributed by atoms with Crippen LogP contribution >= 0.6 is 0 Å². The maximum Gasteiger partial charge on any atom is 0.166 e. The fourth-order valence-corrected chi connectivity index (χ4v) is 1.79. The lowest BCUT2D eigenvalue weighted by atomic mass is 10.0. The summed E-state index contributed by atoms with van der Waals surface area (Å²) in [7, 11) is 0. The highest BCUT2D eigenvalue weighted by atomic mass is 19.2. The summed E-state index contributed by atoms with van der Waals surface area (Å²) in [5.74, 6) is -2.73. The molecule has 0 radical (unpaired) electrons. The number of hydrogen-bond donors (Lipinski definition) is 1. The van der Waals surface area contributed by atoms with E-state index >= 15 is 0 Å². The van der Waals surface area contributed by atoms with Crippen molar-refractivity contribution in [3.63, 3.8) is 0 Å². The Bertz CT molecular complexity index is 345. The molecular weight excluding hydrogens is 191 g/mol. The number of hydrogen-bond acceptors (Lipinski definition) is 1. The van der Waals surface area contributed by atoms with Gasteiger partial charge in [-0.1, -0.05) is 0 Å². The molecule has 1 aromatic carbocycles. The molecule has 1 fully saturated rings. The fourth-order valence-electron chi connectivity index (χ4n) is 1.79. The van der Waals surface area contributed by atoms with E-state index in [0.717, 1.165) is 25.1 Å². The Morgan fingerprint density at radius 2 is 1.86 bits per heavy atom. The monoisotopic (exact) mass is 201 g/mol. The van der Waals surface area contributed by atoms with E-state index in [1.807, 2.05) is 0 Å². The molecule has 0 amide bonds. The van der Waals surface area contributed by atoms with Gasteiger partial charge in [0.25, 0.3) is 0 Å². The summed E-state index contributed by atoms with van der Waals surface area (Å²) in [6.07, 6.45) is 1.51.